The predicted molar refractivity (Wildman–Crippen MR) is 76.1 cm³/mol. The van der Waals surface area contributed by atoms with Crippen LogP contribution in [0.5, 0.6) is 0 Å². The first kappa shape index (κ1) is 13.3. The van der Waals surface area contributed by atoms with E-state index < -0.39 is 9.84 Å². The maximum absolute atomic E-state index is 12.1. The van der Waals surface area contributed by atoms with E-state index >= 15 is 0 Å². The minimum Gasteiger partial charge on any atom is -0.365 e. The van der Waals surface area contributed by atoms with Crippen molar-refractivity contribution in [3.8, 4) is 0 Å². The van der Waals surface area contributed by atoms with E-state index in [1.54, 1.807) is 25.2 Å². The fraction of sp³-hybridized carbons (Fsp3) is 0.417. The number of anilines is 1. The Balaban J connectivity index is 2.46. The van der Waals surface area contributed by atoms with Gasteiger partial charge < -0.3 is 5.32 Å². The second-order valence-corrected chi connectivity index (χ2v) is 7.64. The van der Waals surface area contributed by atoms with E-state index in [4.69, 9.17) is 0 Å². The van der Waals surface area contributed by atoms with Crippen molar-refractivity contribution in [3.63, 3.8) is 0 Å². The number of nitrogens with zero attached hydrogens (tertiary/aromatic N) is 1. The van der Waals surface area contributed by atoms with E-state index in [0.717, 1.165) is 15.3 Å². The van der Waals surface area contributed by atoms with Crippen LogP contribution in [-0.4, -0.2) is 26.2 Å². The van der Waals surface area contributed by atoms with E-state index in [1.807, 2.05) is 13.8 Å². The number of thiazole rings is 1. The molecule has 0 saturated heterocycles. The average molecular weight is 284 g/mol. The molecule has 0 atom stereocenters. The van der Waals surface area contributed by atoms with Crippen LogP contribution in [0, 0.1) is 5.92 Å². The molecule has 1 N–H and O–H groups in total. The van der Waals surface area contributed by atoms with Gasteiger partial charge in [-0.25, -0.2) is 13.4 Å². The summed E-state index contributed by atoms with van der Waals surface area (Å²) < 4.78 is 25.2. The Bertz CT molecular complexity index is 660. The lowest BCUT2D eigenvalue weighted by atomic mass is 10.3. The van der Waals surface area contributed by atoms with Crippen LogP contribution in [0.25, 0.3) is 10.2 Å². The van der Waals surface area contributed by atoms with E-state index in [-0.39, 0.29) is 11.7 Å². The molecular weight excluding hydrogens is 268 g/mol. The van der Waals surface area contributed by atoms with Gasteiger partial charge in [-0.15, -0.1) is 0 Å². The molecule has 6 heteroatoms. The molecule has 18 heavy (non-hydrogen) atoms. The lowest BCUT2D eigenvalue weighted by Gasteiger charge is -2.06. The summed E-state index contributed by atoms with van der Waals surface area (Å²) in [5, 5.41) is 3.76. The molecule has 0 unspecified atom stereocenters. The van der Waals surface area contributed by atoms with E-state index in [9.17, 15) is 8.42 Å². The zero-order valence-corrected chi connectivity index (χ0v) is 12.2. The minimum atomic E-state index is -3.19. The normalized spacial score (nSPS) is 12.2. The van der Waals surface area contributed by atoms with Gasteiger partial charge in [0.15, 0.2) is 15.0 Å². The topological polar surface area (TPSA) is 59.1 Å². The Kier molecular flexibility index (Phi) is 3.59. The highest BCUT2D eigenvalue weighted by Crippen LogP contribution is 2.28. The maximum Gasteiger partial charge on any atom is 0.183 e. The number of benzene rings is 1. The van der Waals surface area contributed by atoms with Crippen LogP contribution >= 0.6 is 11.3 Å². The molecule has 2 rings (SSSR count). The molecule has 98 valence electrons. The standard InChI is InChI=1S/C12H16N2O2S2/c1-8(2)7-18(15,16)9-4-5-10-11(6-9)17-12(13-3)14-10/h4-6,8H,7H2,1-3H3,(H,13,14). The summed E-state index contributed by atoms with van der Waals surface area (Å²) in [5.74, 6) is 0.302. The summed E-state index contributed by atoms with van der Waals surface area (Å²) in [6.45, 7) is 3.81. The molecule has 0 saturated carbocycles. The van der Waals surface area contributed by atoms with Gasteiger partial charge in [-0.05, 0) is 24.1 Å². The minimum absolute atomic E-state index is 0.125. The van der Waals surface area contributed by atoms with E-state index in [0.29, 0.717) is 4.90 Å². The highest BCUT2D eigenvalue weighted by molar-refractivity contribution is 7.91. The van der Waals surface area contributed by atoms with Crippen molar-refractivity contribution < 1.29 is 8.42 Å². The molecule has 2 aromatic rings. The Labute approximate surface area is 111 Å². The van der Waals surface area contributed by atoms with Crippen molar-refractivity contribution in [2.75, 3.05) is 18.1 Å². The number of fused-ring (bicyclic) bond motifs is 1. The lowest BCUT2D eigenvalue weighted by Crippen LogP contribution is -2.11. The smallest absolute Gasteiger partial charge is 0.183 e. The third kappa shape index (κ3) is 2.64. The van der Waals surface area contributed by atoms with E-state index in [1.165, 1.54) is 11.3 Å². The molecule has 0 aliphatic rings. The third-order valence-electron chi connectivity index (χ3n) is 2.49. The molecule has 1 aromatic heterocycles. The quantitative estimate of drug-likeness (QED) is 0.938. The summed E-state index contributed by atoms with van der Waals surface area (Å²) in [5.41, 5.74) is 0.827. The SMILES string of the molecule is CNc1nc2ccc(S(=O)(=O)CC(C)C)cc2s1. The molecule has 0 radical (unpaired) electrons. The zero-order chi connectivity index (χ0) is 13.3. The van der Waals surface area contributed by atoms with Crippen LogP contribution in [0.15, 0.2) is 23.1 Å². The number of nitrogens with one attached hydrogen (secondary N) is 1. The third-order valence-corrected chi connectivity index (χ3v) is 5.60. The first-order valence-electron chi connectivity index (χ1n) is 5.73. The van der Waals surface area contributed by atoms with Gasteiger partial charge in [0.25, 0.3) is 0 Å². The highest BCUT2D eigenvalue weighted by Gasteiger charge is 2.17. The zero-order valence-electron chi connectivity index (χ0n) is 10.6. The van der Waals surface area contributed by atoms with Crippen LogP contribution in [0.4, 0.5) is 5.13 Å². The van der Waals surface area contributed by atoms with Gasteiger partial charge in [-0.1, -0.05) is 25.2 Å². The number of sulfone groups is 1. The summed E-state index contributed by atoms with van der Waals surface area (Å²) in [4.78, 5) is 4.71. The number of rotatable bonds is 4. The number of aromatic nitrogens is 1. The Hall–Kier alpha value is -1.14. The van der Waals surface area contributed by atoms with Crippen LogP contribution < -0.4 is 5.32 Å². The van der Waals surface area contributed by atoms with Crippen LogP contribution in [0.3, 0.4) is 0 Å². The second kappa shape index (κ2) is 4.85. The molecule has 0 amide bonds. The predicted octanol–water partition coefficient (Wildman–Crippen LogP) is 2.77. The summed E-state index contributed by atoms with van der Waals surface area (Å²) in [7, 11) is -1.39. The van der Waals surface area contributed by atoms with E-state index in [2.05, 4.69) is 10.3 Å². The lowest BCUT2D eigenvalue weighted by molar-refractivity contribution is 0.582. The maximum atomic E-state index is 12.1. The molecule has 0 spiro atoms. The molecule has 4 nitrogen and oxygen atoms in total. The highest BCUT2D eigenvalue weighted by atomic mass is 32.2. The van der Waals surface area contributed by atoms with Crippen molar-refractivity contribution >= 4 is 36.5 Å². The van der Waals surface area contributed by atoms with Gasteiger partial charge in [0, 0.05) is 7.05 Å². The number of hydrogen-bond acceptors (Lipinski definition) is 5. The van der Waals surface area contributed by atoms with Gasteiger partial charge in [-0.3, -0.25) is 0 Å². The molecular formula is C12H16N2O2S2. The van der Waals surface area contributed by atoms with Gasteiger partial charge in [-0.2, -0.15) is 0 Å². The fourth-order valence-electron chi connectivity index (χ4n) is 1.74. The van der Waals surface area contributed by atoms with Crippen molar-refractivity contribution in [1.82, 2.24) is 4.98 Å². The first-order valence-corrected chi connectivity index (χ1v) is 8.20. The monoisotopic (exact) mass is 284 g/mol. The van der Waals surface area contributed by atoms with Gasteiger partial charge in [0.1, 0.15) is 0 Å². The molecule has 0 bridgehead atoms. The van der Waals surface area contributed by atoms with Crippen LogP contribution in [0.1, 0.15) is 13.8 Å². The molecule has 0 aliphatic carbocycles. The molecule has 0 aliphatic heterocycles. The summed E-state index contributed by atoms with van der Waals surface area (Å²) in [6, 6.07) is 5.12. The van der Waals surface area contributed by atoms with Gasteiger partial charge in [0.05, 0.1) is 20.9 Å². The average Bonchev–Trinajstić information content (AvgIpc) is 2.68. The van der Waals surface area contributed by atoms with Crippen molar-refractivity contribution in [2.24, 2.45) is 5.92 Å². The molecule has 1 heterocycles. The molecule has 1 aromatic carbocycles. The largest absolute Gasteiger partial charge is 0.365 e. The van der Waals surface area contributed by atoms with Crippen LogP contribution in [0.2, 0.25) is 0 Å². The number of hydrogen-bond donors (Lipinski definition) is 1. The fourth-order valence-corrected chi connectivity index (χ4v) is 4.32. The van der Waals surface area contributed by atoms with Gasteiger partial charge in [0.2, 0.25) is 0 Å². The summed E-state index contributed by atoms with van der Waals surface area (Å²) in [6.07, 6.45) is 0. The van der Waals surface area contributed by atoms with Crippen molar-refractivity contribution in [2.45, 2.75) is 18.7 Å². The molecule has 0 fully saturated rings. The summed E-state index contributed by atoms with van der Waals surface area (Å²) >= 11 is 1.46. The Morgan fingerprint density at radius 1 is 1.39 bits per heavy atom. The second-order valence-electron chi connectivity index (χ2n) is 4.57. The van der Waals surface area contributed by atoms with Crippen molar-refractivity contribution in [3.05, 3.63) is 18.2 Å². The van der Waals surface area contributed by atoms with Crippen molar-refractivity contribution in [1.29, 1.82) is 0 Å². The van der Waals surface area contributed by atoms with Gasteiger partial charge >= 0.3 is 0 Å². The Morgan fingerprint density at radius 3 is 2.72 bits per heavy atom. The Morgan fingerprint density at radius 2 is 2.11 bits per heavy atom. The first-order chi connectivity index (χ1) is 8.42. The van der Waals surface area contributed by atoms with Crippen LogP contribution in [-0.2, 0) is 9.84 Å².